The van der Waals surface area contributed by atoms with Crippen LogP contribution in [0.15, 0.2) is 48.5 Å². The Morgan fingerprint density at radius 3 is 2.62 bits per heavy atom. The highest BCUT2D eigenvalue weighted by molar-refractivity contribution is 5.90. The number of nitrogens with one attached hydrogen (secondary N) is 1. The van der Waals surface area contributed by atoms with Crippen LogP contribution in [0.5, 0.6) is 5.75 Å². The van der Waals surface area contributed by atoms with E-state index in [0.717, 1.165) is 44.0 Å². The Bertz CT molecular complexity index is 740. The molecule has 2 aromatic carbocycles. The van der Waals surface area contributed by atoms with Crippen LogP contribution in [0.2, 0.25) is 0 Å². The number of hydrogen-bond donors (Lipinski definition) is 2. The summed E-state index contributed by atoms with van der Waals surface area (Å²) in [5.74, 6) is 0.208. The van der Waals surface area contributed by atoms with E-state index in [9.17, 15) is 9.90 Å². The molecule has 26 heavy (non-hydrogen) atoms. The summed E-state index contributed by atoms with van der Waals surface area (Å²) in [6, 6.07) is 15.2. The van der Waals surface area contributed by atoms with Crippen LogP contribution in [0.3, 0.4) is 0 Å². The third kappa shape index (κ3) is 5.31. The van der Waals surface area contributed by atoms with Gasteiger partial charge in [0, 0.05) is 44.8 Å². The van der Waals surface area contributed by atoms with Crippen molar-refractivity contribution in [3.8, 4) is 5.75 Å². The van der Waals surface area contributed by atoms with Gasteiger partial charge in [0.1, 0.15) is 5.75 Å². The maximum Gasteiger partial charge on any atom is 0.224 e. The Morgan fingerprint density at radius 1 is 1.08 bits per heavy atom. The summed E-state index contributed by atoms with van der Waals surface area (Å²) in [6.07, 6.45) is 0.875. The number of phenols is 1. The van der Waals surface area contributed by atoms with Crippen LogP contribution in [0, 0.1) is 0 Å². The lowest BCUT2D eigenvalue weighted by Crippen LogP contribution is -2.43. The van der Waals surface area contributed by atoms with Crippen molar-refractivity contribution in [2.24, 2.45) is 0 Å². The van der Waals surface area contributed by atoms with Crippen molar-refractivity contribution in [2.75, 3.05) is 38.5 Å². The summed E-state index contributed by atoms with van der Waals surface area (Å²) in [7, 11) is 2.16. The highest BCUT2D eigenvalue weighted by Crippen LogP contribution is 2.18. The average Bonchev–Trinajstić information content (AvgIpc) is 2.63. The summed E-state index contributed by atoms with van der Waals surface area (Å²) in [5, 5.41) is 12.8. The Balaban J connectivity index is 1.51. The SMILES string of the molecule is CN1CCN(Cc2cccc(NC(=O)CCc3ccccc3O)c2)CC1. The predicted octanol–water partition coefficient (Wildman–Crippen LogP) is 2.71. The topological polar surface area (TPSA) is 55.8 Å². The second kappa shape index (κ2) is 8.83. The highest BCUT2D eigenvalue weighted by atomic mass is 16.3. The summed E-state index contributed by atoms with van der Waals surface area (Å²) in [5.41, 5.74) is 2.85. The lowest BCUT2D eigenvalue weighted by atomic mass is 10.1. The van der Waals surface area contributed by atoms with E-state index < -0.39 is 0 Å². The first-order valence-electron chi connectivity index (χ1n) is 9.17. The fourth-order valence-electron chi connectivity index (χ4n) is 3.21. The Kier molecular flexibility index (Phi) is 6.26. The van der Waals surface area contributed by atoms with E-state index in [-0.39, 0.29) is 11.7 Å². The number of nitrogens with zero attached hydrogens (tertiary/aromatic N) is 2. The van der Waals surface area contributed by atoms with Gasteiger partial charge < -0.3 is 15.3 Å². The van der Waals surface area contributed by atoms with Crippen molar-refractivity contribution in [3.05, 3.63) is 59.7 Å². The fourth-order valence-corrected chi connectivity index (χ4v) is 3.21. The van der Waals surface area contributed by atoms with Crippen LogP contribution in [-0.2, 0) is 17.8 Å². The number of aryl methyl sites for hydroxylation is 1. The normalized spacial score (nSPS) is 15.7. The molecule has 5 heteroatoms. The lowest BCUT2D eigenvalue weighted by molar-refractivity contribution is -0.116. The minimum Gasteiger partial charge on any atom is -0.508 e. The molecule has 3 rings (SSSR count). The quantitative estimate of drug-likeness (QED) is 0.838. The van der Waals surface area contributed by atoms with Gasteiger partial charge in [-0.15, -0.1) is 0 Å². The molecule has 0 atom stereocenters. The minimum absolute atomic E-state index is 0.0370. The Hall–Kier alpha value is -2.37. The molecule has 1 saturated heterocycles. The number of carbonyl (C=O) groups is 1. The molecule has 1 fully saturated rings. The van der Waals surface area contributed by atoms with E-state index in [4.69, 9.17) is 0 Å². The number of likely N-dealkylation sites (N-methyl/N-ethyl adjacent to an activating group) is 1. The third-order valence-electron chi connectivity index (χ3n) is 4.83. The van der Waals surface area contributed by atoms with Gasteiger partial charge in [-0.2, -0.15) is 0 Å². The van der Waals surface area contributed by atoms with E-state index in [1.54, 1.807) is 12.1 Å². The van der Waals surface area contributed by atoms with Gasteiger partial charge in [-0.3, -0.25) is 9.69 Å². The van der Waals surface area contributed by atoms with Crippen LogP contribution in [0.25, 0.3) is 0 Å². The van der Waals surface area contributed by atoms with Crippen LogP contribution in [0.4, 0.5) is 5.69 Å². The second-order valence-electron chi connectivity index (χ2n) is 6.96. The summed E-state index contributed by atoms with van der Waals surface area (Å²) < 4.78 is 0. The summed E-state index contributed by atoms with van der Waals surface area (Å²) >= 11 is 0. The lowest BCUT2D eigenvalue weighted by Gasteiger charge is -2.32. The Labute approximate surface area is 155 Å². The van der Waals surface area contributed by atoms with Gasteiger partial charge in [0.05, 0.1) is 0 Å². The molecule has 138 valence electrons. The maximum atomic E-state index is 12.2. The monoisotopic (exact) mass is 353 g/mol. The molecule has 1 aliphatic rings. The molecule has 1 aliphatic heterocycles. The van der Waals surface area contributed by atoms with Crippen molar-refractivity contribution in [2.45, 2.75) is 19.4 Å². The molecule has 0 aliphatic carbocycles. The van der Waals surface area contributed by atoms with Crippen molar-refractivity contribution in [1.29, 1.82) is 0 Å². The fraction of sp³-hybridized carbons (Fsp3) is 0.381. The molecule has 0 aromatic heterocycles. The van der Waals surface area contributed by atoms with E-state index >= 15 is 0 Å². The number of anilines is 1. The average molecular weight is 353 g/mol. The molecule has 5 nitrogen and oxygen atoms in total. The number of aromatic hydroxyl groups is 1. The van der Waals surface area contributed by atoms with Crippen molar-refractivity contribution in [3.63, 3.8) is 0 Å². The number of phenolic OH excluding ortho intramolecular Hbond substituents is 1. The van der Waals surface area contributed by atoms with Gasteiger partial charge in [-0.25, -0.2) is 0 Å². The van der Waals surface area contributed by atoms with Crippen LogP contribution < -0.4 is 5.32 Å². The molecule has 0 radical (unpaired) electrons. The Morgan fingerprint density at radius 2 is 1.85 bits per heavy atom. The first-order chi connectivity index (χ1) is 12.6. The zero-order valence-electron chi connectivity index (χ0n) is 15.3. The molecule has 0 unspecified atom stereocenters. The molecule has 0 saturated carbocycles. The summed E-state index contributed by atoms with van der Waals surface area (Å²) in [6.45, 7) is 5.27. The van der Waals surface area contributed by atoms with Crippen LogP contribution in [0.1, 0.15) is 17.5 Å². The molecule has 1 amide bonds. The molecular weight excluding hydrogens is 326 g/mol. The van der Waals surface area contributed by atoms with Crippen LogP contribution in [-0.4, -0.2) is 54.0 Å². The van der Waals surface area contributed by atoms with E-state index in [1.807, 2.05) is 24.3 Å². The number of para-hydroxylation sites is 1. The van der Waals surface area contributed by atoms with E-state index in [0.29, 0.717) is 12.8 Å². The minimum atomic E-state index is -0.0370. The molecule has 0 spiro atoms. The molecule has 1 heterocycles. The zero-order chi connectivity index (χ0) is 18.4. The molecular formula is C21H27N3O2. The maximum absolute atomic E-state index is 12.2. The number of benzene rings is 2. The van der Waals surface area contributed by atoms with Gasteiger partial charge >= 0.3 is 0 Å². The smallest absolute Gasteiger partial charge is 0.224 e. The van der Waals surface area contributed by atoms with Crippen molar-refractivity contribution >= 4 is 11.6 Å². The number of rotatable bonds is 6. The number of hydrogen-bond acceptors (Lipinski definition) is 4. The highest BCUT2D eigenvalue weighted by Gasteiger charge is 2.14. The molecule has 2 N–H and O–H groups in total. The van der Waals surface area contributed by atoms with Gasteiger partial charge in [-0.05, 0) is 42.8 Å². The molecule has 0 bridgehead atoms. The van der Waals surface area contributed by atoms with Gasteiger partial charge in [0.15, 0.2) is 0 Å². The number of amides is 1. The first-order valence-corrected chi connectivity index (χ1v) is 9.17. The van der Waals surface area contributed by atoms with Gasteiger partial charge in [-0.1, -0.05) is 30.3 Å². The predicted molar refractivity (Wildman–Crippen MR) is 104 cm³/mol. The first kappa shape index (κ1) is 18.4. The number of piperazine rings is 1. The zero-order valence-corrected chi connectivity index (χ0v) is 15.3. The van der Waals surface area contributed by atoms with E-state index in [2.05, 4.69) is 34.3 Å². The van der Waals surface area contributed by atoms with Gasteiger partial charge in [0.25, 0.3) is 0 Å². The van der Waals surface area contributed by atoms with Crippen molar-refractivity contribution < 1.29 is 9.90 Å². The summed E-state index contributed by atoms with van der Waals surface area (Å²) in [4.78, 5) is 17.0. The largest absolute Gasteiger partial charge is 0.508 e. The second-order valence-corrected chi connectivity index (χ2v) is 6.96. The molecule has 2 aromatic rings. The van der Waals surface area contributed by atoms with Crippen molar-refractivity contribution in [1.82, 2.24) is 9.80 Å². The standard InChI is InChI=1S/C21H27N3O2/c1-23-11-13-24(14-12-23)16-17-5-4-7-19(15-17)22-21(26)10-9-18-6-2-3-8-20(18)25/h2-8,15,25H,9-14,16H2,1H3,(H,22,26). The van der Waals surface area contributed by atoms with Crippen LogP contribution >= 0.6 is 0 Å². The number of carbonyl (C=O) groups excluding carboxylic acids is 1. The van der Waals surface area contributed by atoms with E-state index in [1.165, 1.54) is 5.56 Å². The van der Waals surface area contributed by atoms with Gasteiger partial charge in [0.2, 0.25) is 5.91 Å². The third-order valence-corrected chi connectivity index (χ3v) is 4.83.